The van der Waals surface area contributed by atoms with Crippen LogP contribution in [0.2, 0.25) is 0 Å². The molecule has 162 valence electrons. The van der Waals surface area contributed by atoms with E-state index < -0.39 is 0 Å². The minimum absolute atomic E-state index is 0.184. The summed E-state index contributed by atoms with van der Waals surface area (Å²) < 4.78 is 16.3. The fourth-order valence-electron chi connectivity index (χ4n) is 2.89. The maximum Gasteiger partial charge on any atom is 0.257 e. The molecule has 0 unspecified atom stereocenters. The first-order valence-electron chi connectivity index (χ1n) is 10.1. The van der Waals surface area contributed by atoms with Crippen LogP contribution in [0.3, 0.4) is 0 Å². The summed E-state index contributed by atoms with van der Waals surface area (Å²) in [6.07, 6.45) is 1.68. The van der Waals surface area contributed by atoms with Crippen molar-refractivity contribution in [1.82, 2.24) is 20.4 Å². The van der Waals surface area contributed by atoms with Crippen LogP contribution in [0.4, 0.5) is 0 Å². The van der Waals surface area contributed by atoms with Gasteiger partial charge in [0.1, 0.15) is 19.0 Å². The second-order valence-electron chi connectivity index (χ2n) is 6.92. The molecule has 2 aromatic carbocycles. The Morgan fingerprint density at radius 3 is 2.44 bits per heavy atom. The number of aryl methyl sites for hydroxylation is 1. The smallest absolute Gasteiger partial charge is 0.257 e. The summed E-state index contributed by atoms with van der Waals surface area (Å²) in [6.45, 7) is 2.92. The number of amides is 1. The number of ether oxygens (including phenoxy) is 2. The Kier molecular flexibility index (Phi) is 6.72. The summed E-state index contributed by atoms with van der Waals surface area (Å²) in [4.78, 5) is 20.8. The summed E-state index contributed by atoms with van der Waals surface area (Å²) >= 11 is 0. The van der Waals surface area contributed by atoms with E-state index in [0.29, 0.717) is 42.9 Å². The van der Waals surface area contributed by atoms with Gasteiger partial charge in [0.15, 0.2) is 5.82 Å². The first-order chi connectivity index (χ1) is 15.7. The van der Waals surface area contributed by atoms with Crippen molar-refractivity contribution in [3.05, 3.63) is 89.9 Å². The number of benzene rings is 2. The minimum Gasteiger partial charge on any atom is -0.490 e. The first-order valence-corrected chi connectivity index (χ1v) is 10.1. The molecule has 1 N–H and O–H groups in total. The number of para-hydroxylation sites is 1. The lowest BCUT2D eigenvalue weighted by molar-refractivity contribution is 0.0951. The van der Waals surface area contributed by atoms with Gasteiger partial charge in [0.2, 0.25) is 5.88 Å². The fourth-order valence-corrected chi connectivity index (χ4v) is 2.89. The van der Waals surface area contributed by atoms with Gasteiger partial charge in [-0.25, -0.2) is 4.98 Å². The van der Waals surface area contributed by atoms with E-state index in [1.807, 2.05) is 36.4 Å². The van der Waals surface area contributed by atoms with Crippen LogP contribution in [0.15, 0.2) is 77.4 Å². The van der Waals surface area contributed by atoms with Crippen molar-refractivity contribution in [2.75, 3.05) is 13.2 Å². The van der Waals surface area contributed by atoms with Crippen LogP contribution < -0.4 is 14.8 Å². The number of pyridine rings is 1. The highest BCUT2D eigenvalue weighted by Crippen LogP contribution is 2.17. The molecule has 2 heterocycles. The predicted molar refractivity (Wildman–Crippen MR) is 117 cm³/mol. The highest BCUT2D eigenvalue weighted by atomic mass is 16.5. The van der Waals surface area contributed by atoms with Crippen LogP contribution in [0.5, 0.6) is 11.6 Å². The van der Waals surface area contributed by atoms with E-state index in [-0.39, 0.29) is 5.91 Å². The highest BCUT2D eigenvalue weighted by Gasteiger charge is 2.09. The zero-order valence-corrected chi connectivity index (χ0v) is 17.5. The lowest BCUT2D eigenvalue weighted by Crippen LogP contribution is -2.22. The summed E-state index contributed by atoms with van der Waals surface area (Å²) in [5, 5.41) is 6.64. The van der Waals surface area contributed by atoms with E-state index in [1.165, 1.54) is 0 Å². The molecule has 0 aliphatic carbocycles. The quantitative estimate of drug-likeness (QED) is 0.403. The number of rotatable bonds is 9. The predicted octanol–water partition coefficient (Wildman–Crippen LogP) is 3.83. The molecule has 32 heavy (non-hydrogen) atoms. The number of nitrogens with zero attached hydrogens (tertiary/aromatic N) is 3. The van der Waals surface area contributed by atoms with Gasteiger partial charge in [-0.3, -0.25) is 4.79 Å². The van der Waals surface area contributed by atoms with Gasteiger partial charge in [-0.2, -0.15) is 4.98 Å². The molecule has 0 bridgehead atoms. The second-order valence-corrected chi connectivity index (χ2v) is 6.92. The third-order valence-corrected chi connectivity index (χ3v) is 4.52. The lowest BCUT2D eigenvalue weighted by atomic mass is 10.1. The SMILES string of the molecule is Cc1noc(-c2ccc(C(=O)NCc3ccc(OCCOc4ccccc4)nc3)cc2)n1. The molecular formula is C24H22N4O4. The van der Waals surface area contributed by atoms with Crippen molar-refractivity contribution in [2.24, 2.45) is 0 Å². The zero-order valence-electron chi connectivity index (χ0n) is 17.5. The molecule has 8 nitrogen and oxygen atoms in total. The maximum atomic E-state index is 12.4. The number of hydrogen-bond donors (Lipinski definition) is 1. The van der Waals surface area contributed by atoms with Crippen LogP contribution in [-0.2, 0) is 6.54 Å². The van der Waals surface area contributed by atoms with Crippen molar-refractivity contribution in [3.8, 4) is 23.1 Å². The average molecular weight is 430 g/mol. The first kappa shape index (κ1) is 21.0. The number of aromatic nitrogens is 3. The van der Waals surface area contributed by atoms with Crippen molar-refractivity contribution in [2.45, 2.75) is 13.5 Å². The Morgan fingerprint density at radius 2 is 1.75 bits per heavy atom. The Morgan fingerprint density at radius 1 is 0.969 bits per heavy atom. The van der Waals surface area contributed by atoms with E-state index in [1.54, 1.807) is 43.5 Å². The van der Waals surface area contributed by atoms with E-state index in [0.717, 1.165) is 16.9 Å². The van der Waals surface area contributed by atoms with Gasteiger partial charge in [-0.1, -0.05) is 29.4 Å². The van der Waals surface area contributed by atoms with Gasteiger partial charge in [-0.05, 0) is 48.9 Å². The molecule has 0 radical (unpaired) electrons. The van der Waals surface area contributed by atoms with Gasteiger partial charge < -0.3 is 19.3 Å². The molecule has 0 aliphatic heterocycles. The largest absolute Gasteiger partial charge is 0.490 e. The van der Waals surface area contributed by atoms with Crippen molar-refractivity contribution in [1.29, 1.82) is 0 Å². The van der Waals surface area contributed by atoms with E-state index in [4.69, 9.17) is 14.0 Å². The summed E-state index contributed by atoms with van der Waals surface area (Å²) in [7, 11) is 0. The standard InChI is InChI=1S/C24H22N4O4/c1-17-27-24(32-28-17)20-10-8-19(9-11-20)23(29)26-16-18-7-12-22(25-15-18)31-14-13-30-21-5-3-2-4-6-21/h2-12,15H,13-14,16H2,1H3,(H,26,29). The topological polar surface area (TPSA) is 99.4 Å². The Hall–Kier alpha value is -4.20. The molecule has 4 rings (SSSR count). The van der Waals surface area contributed by atoms with Gasteiger partial charge in [0, 0.05) is 29.9 Å². The minimum atomic E-state index is -0.184. The average Bonchev–Trinajstić information content (AvgIpc) is 3.28. The monoisotopic (exact) mass is 430 g/mol. The lowest BCUT2D eigenvalue weighted by Gasteiger charge is -2.09. The maximum absolute atomic E-state index is 12.4. The summed E-state index contributed by atoms with van der Waals surface area (Å²) in [5.41, 5.74) is 2.16. The van der Waals surface area contributed by atoms with Crippen molar-refractivity contribution < 1.29 is 18.8 Å². The molecule has 0 saturated carbocycles. The van der Waals surface area contributed by atoms with Crippen LogP contribution in [-0.4, -0.2) is 34.2 Å². The van der Waals surface area contributed by atoms with Crippen LogP contribution >= 0.6 is 0 Å². The molecule has 0 spiro atoms. The third-order valence-electron chi connectivity index (χ3n) is 4.52. The number of carbonyl (C=O) groups is 1. The number of carbonyl (C=O) groups excluding carboxylic acids is 1. The van der Waals surface area contributed by atoms with E-state index in [2.05, 4.69) is 20.4 Å². The van der Waals surface area contributed by atoms with Gasteiger partial charge in [0.05, 0.1) is 0 Å². The van der Waals surface area contributed by atoms with Crippen molar-refractivity contribution >= 4 is 5.91 Å². The van der Waals surface area contributed by atoms with Crippen LogP contribution in [0.1, 0.15) is 21.7 Å². The van der Waals surface area contributed by atoms with Crippen LogP contribution in [0, 0.1) is 6.92 Å². The van der Waals surface area contributed by atoms with E-state index in [9.17, 15) is 4.79 Å². The van der Waals surface area contributed by atoms with Gasteiger partial charge in [-0.15, -0.1) is 0 Å². The van der Waals surface area contributed by atoms with Gasteiger partial charge >= 0.3 is 0 Å². The van der Waals surface area contributed by atoms with E-state index >= 15 is 0 Å². The van der Waals surface area contributed by atoms with Crippen LogP contribution in [0.25, 0.3) is 11.5 Å². The molecule has 8 heteroatoms. The number of hydrogen-bond acceptors (Lipinski definition) is 7. The molecule has 0 atom stereocenters. The molecule has 1 amide bonds. The highest BCUT2D eigenvalue weighted by molar-refractivity contribution is 5.94. The molecule has 2 aromatic heterocycles. The zero-order chi connectivity index (χ0) is 22.2. The summed E-state index contributed by atoms with van der Waals surface area (Å²) in [5.74, 6) is 2.11. The Bertz CT molecular complexity index is 1140. The summed E-state index contributed by atoms with van der Waals surface area (Å²) in [6, 6.07) is 20.2. The number of nitrogens with one attached hydrogen (secondary N) is 1. The Balaban J connectivity index is 1.22. The molecule has 0 saturated heterocycles. The molecular weight excluding hydrogens is 408 g/mol. The normalized spacial score (nSPS) is 10.5. The Labute approximate surface area is 185 Å². The molecule has 4 aromatic rings. The fraction of sp³-hybridized carbons (Fsp3) is 0.167. The second kappa shape index (κ2) is 10.2. The third kappa shape index (κ3) is 5.69. The van der Waals surface area contributed by atoms with Crippen molar-refractivity contribution in [3.63, 3.8) is 0 Å². The molecule has 0 fully saturated rings. The van der Waals surface area contributed by atoms with Gasteiger partial charge in [0.25, 0.3) is 11.8 Å². The molecule has 0 aliphatic rings.